The van der Waals surface area contributed by atoms with Gasteiger partial charge in [0, 0.05) is 17.3 Å². The van der Waals surface area contributed by atoms with Crippen molar-refractivity contribution < 1.29 is 4.39 Å². The Morgan fingerprint density at radius 3 is 2.61 bits per heavy atom. The minimum absolute atomic E-state index is 0.0909. The summed E-state index contributed by atoms with van der Waals surface area (Å²) in [4.78, 5) is 5.68. The highest BCUT2D eigenvalue weighted by Gasteiger charge is 2.11. The molecular formula is C14H17FN2S. The zero-order valence-electron chi connectivity index (χ0n) is 10.6. The molecule has 2 rings (SSSR count). The fourth-order valence-electron chi connectivity index (χ4n) is 1.87. The van der Waals surface area contributed by atoms with E-state index in [-0.39, 0.29) is 11.9 Å². The van der Waals surface area contributed by atoms with Crippen LogP contribution in [0.2, 0.25) is 0 Å². The molecule has 1 aromatic carbocycles. The maximum absolute atomic E-state index is 13.5. The van der Waals surface area contributed by atoms with Crippen molar-refractivity contribution >= 4 is 11.3 Å². The maximum atomic E-state index is 13.5. The Labute approximate surface area is 111 Å². The molecule has 0 fully saturated rings. The van der Waals surface area contributed by atoms with Crippen molar-refractivity contribution in [2.45, 2.75) is 32.7 Å². The zero-order chi connectivity index (χ0) is 13.1. The first-order valence-corrected chi connectivity index (χ1v) is 6.80. The molecule has 1 atom stereocenters. The summed E-state index contributed by atoms with van der Waals surface area (Å²) >= 11 is 1.67. The molecule has 2 N–H and O–H groups in total. The number of nitrogens with zero attached hydrogens (tertiary/aromatic N) is 1. The van der Waals surface area contributed by atoms with Crippen LogP contribution < -0.4 is 5.73 Å². The molecule has 18 heavy (non-hydrogen) atoms. The summed E-state index contributed by atoms with van der Waals surface area (Å²) in [7, 11) is 0. The quantitative estimate of drug-likeness (QED) is 0.922. The molecular weight excluding hydrogens is 247 g/mol. The topological polar surface area (TPSA) is 38.9 Å². The van der Waals surface area contributed by atoms with Crippen LogP contribution in [-0.4, -0.2) is 11.0 Å². The first kappa shape index (κ1) is 13.2. The number of thiazole rings is 1. The van der Waals surface area contributed by atoms with Crippen LogP contribution in [0.1, 0.15) is 21.1 Å². The Morgan fingerprint density at radius 2 is 2.00 bits per heavy atom. The van der Waals surface area contributed by atoms with Gasteiger partial charge in [-0.05, 0) is 31.9 Å². The Morgan fingerprint density at radius 1 is 1.28 bits per heavy atom. The standard InChI is InChI=1S/C14H17FN2S/c1-9-10(2)18-14(17-9)8-12(16)7-11-5-3-4-6-13(11)15/h3-6,12H,7-8,16H2,1-2H3. The van der Waals surface area contributed by atoms with Crippen molar-refractivity contribution in [3.05, 3.63) is 51.2 Å². The molecule has 1 unspecified atom stereocenters. The molecule has 0 amide bonds. The monoisotopic (exact) mass is 264 g/mol. The van der Waals surface area contributed by atoms with Gasteiger partial charge in [-0.15, -0.1) is 11.3 Å². The molecule has 0 saturated heterocycles. The molecule has 0 radical (unpaired) electrons. The molecule has 4 heteroatoms. The number of benzene rings is 1. The first-order chi connectivity index (χ1) is 8.56. The predicted octanol–water partition coefficient (Wildman–Crippen LogP) is 3.01. The van der Waals surface area contributed by atoms with Crippen molar-refractivity contribution in [1.29, 1.82) is 0 Å². The highest BCUT2D eigenvalue weighted by molar-refractivity contribution is 7.11. The van der Waals surface area contributed by atoms with Gasteiger partial charge < -0.3 is 5.73 Å². The Kier molecular flexibility index (Phi) is 4.09. The molecule has 96 valence electrons. The lowest BCUT2D eigenvalue weighted by Gasteiger charge is -2.10. The molecule has 0 aliphatic heterocycles. The third-order valence-electron chi connectivity index (χ3n) is 2.95. The third-order valence-corrected chi connectivity index (χ3v) is 4.04. The van der Waals surface area contributed by atoms with Gasteiger partial charge in [0.1, 0.15) is 5.82 Å². The van der Waals surface area contributed by atoms with Crippen LogP contribution >= 0.6 is 11.3 Å². The van der Waals surface area contributed by atoms with Gasteiger partial charge in [-0.25, -0.2) is 9.37 Å². The van der Waals surface area contributed by atoms with Crippen LogP contribution in [0.4, 0.5) is 4.39 Å². The maximum Gasteiger partial charge on any atom is 0.126 e. The van der Waals surface area contributed by atoms with Gasteiger partial charge in [0.15, 0.2) is 0 Å². The molecule has 2 aromatic rings. The normalized spacial score (nSPS) is 12.7. The number of hydrogen-bond acceptors (Lipinski definition) is 3. The second kappa shape index (κ2) is 5.59. The van der Waals surface area contributed by atoms with Gasteiger partial charge in [-0.3, -0.25) is 0 Å². The molecule has 0 saturated carbocycles. The summed E-state index contributed by atoms with van der Waals surface area (Å²) in [5.41, 5.74) is 7.80. The number of aromatic nitrogens is 1. The highest BCUT2D eigenvalue weighted by atomic mass is 32.1. The molecule has 0 bridgehead atoms. The van der Waals surface area contributed by atoms with E-state index >= 15 is 0 Å². The highest BCUT2D eigenvalue weighted by Crippen LogP contribution is 2.18. The average molecular weight is 264 g/mol. The van der Waals surface area contributed by atoms with Crippen molar-refractivity contribution in [2.75, 3.05) is 0 Å². The minimum Gasteiger partial charge on any atom is -0.327 e. The molecule has 0 aliphatic carbocycles. The van der Waals surface area contributed by atoms with Crippen molar-refractivity contribution in [3.63, 3.8) is 0 Å². The Bertz CT molecular complexity index is 517. The number of halogens is 1. The summed E-state index contributed by atoms with van der Waals surface area (Å²) < 4.78 is 13.5. The van der Waals surface area contributed by atoms with E-state index in [0.29, 0.717) is 18.4 Å². The summed E-state index contributed by atoms with van der Waals surface area (Å²) in [5, 5.41) is 1.04. The van der Waals surface area contributed by atoms with E-state index in [4.69, 9.17) is 5.73 Å². The summed E-state index contributed by atoms with van der Waals surface area (Å²) in [6.45, 7) is 4.05. The zero-order valence-corrected chi connectivity index (χ0v) is 11.4. The summed E-state index contributed by atoms with van der Waals surface area (Å²) in [6.07, 6.45) is 1.25. The molecule has 0 spiro atoms. The fourth-order valence-corrected chi connectivity index (χ4v) is 2.90. The van der Waals surface area contributed by atoms with Crippen LogP contribution in [-0.2, 0) is 12.8 Å². The minimum atomic E-state index is -0.181. The molecule has 1 aromatic heterocycles. The van der Waals surface area contributed by atoms with Gasteiger partial charge in [-0.2, -0.15) is 0 Å². The summed E-state index contributed by atoms with van der Waals surface area (Å²) in [6, 6.07) is 6.69. The van der Waals surface area contributed by atoms with E-state index in [0.717, 1.165) is 10.7 Å². The van der Waals surface area contributed by atoms with E-state index in [9.17, 15) is 4.39 Å². The Balaban J connectivity index is 2.01. The van der Waals surface area contributed by atoms with Gasteiger partial charge in [0.05, 0.1) is 10.7 Å². The second-order valence-corrected chi connectivity index (χ2v) is 5.80. The van der Waals surface area contributed by atoms with Crippen molar-refractivity contribution in [2.24, 2.45) is 5.73 Å². The van der Waals surface area contributed by atoms with E-state index in [2.05, 4.69) is 11.9 Å². The van der Waals surface area contributed by atoms with Gasteiger partial charge in [0.2, 0.25) is 0 Å². The number of aryl methyl sites for hydroxylation is 2. The van der Waals surface area contributed by atoms with Crippen LogP contribution in [0.5, 0.6) is 0 Å². The van der Waals surface area contributed by atoms with Crippen LogP contribution in [0.3, 0.4) is 0 Å². The van der Waals surface area contributed by atoms with Crippen molar-refractivity contribution in [1.82, 2.24) is 4.98 Å². The predicted molar refractivity (Wildman–Crippen MR) is 73.4 cm³/mol. The van der Waals surface area contributed by atoms with Crippen LogP contribution in [0.15, 0.2) is 24.3 Å². The summed E-state index contributed by atoms with van der Waals surface area (Å²) in [5.74, 6) is -0.181. The molecule has 2 nitrogen and oxygen atoms in total. The largest absolute Gasteiger partial charge is 0.327 e. The van der Waals surface area contributed by atoms with E-state index in [1.54, 1.807) is 23.5 Å². The second-order valence-electron chi connectivity index (χ2n) is 4.51. The van der Waals surface area contributed by atoms with E-state index in [1.165, 1.54) is 10.9 Å². The number of hydrogen-bond donors (Lipinski definition) is 1. The smallest absolute Gasteiger partial charge is 0.126 e. The van der Waals surface area contributed by atoms with Crippen LogP contribution in [0, 0.1) is 19.7 Å². The SMILES string of the molecule is Cc1nc(CC(N)Cc2ccccc2F)sc1C. The number of nitrogens with two attached hydrogens (primary N) is 1. The van der Waals surface area contributed by atoms with E-state index < -0.39 is 0 Å². The lowest BCUT2D eigenvalue weighted by atomic mass is 10.0. The van der Waals surface area contributed by atoms with Gasteiger partial charge >= 0.3 is 0 Å². The fraction of sp³-hybridized carbons (Fsp3) is 0.357. The average Bonchev–Trinajstić information content (AvgIpc) is 2.61. The first-order valence-electron chi connectivity index (χ1n) is 5.98. The van der Waals surface area contributed by atoms with Gasteiger partial charge in [0.25, 0.3) is 0 Å². The number of rotatable bonds is 4. The molecule has 0 aliphatic rings. The van der Waals surface area contributed by atoms with Gasteiger partial charge in [-0.1, -0.05) is 18.2 Å². The Hall–Kier alpha value is -1.26. The van der Waals surface area contributed by atoms with Crippen LogP contribution in [0.25, 0.3) is 0 Å². The van der Waals surface area contributed by atoms with E-state index in [1.807, 2.05) is 13.0 Å². The lowest BCUT2D eigenvalue weighted by molar-refractivity contribution is 0.583. The third kappa shape index (κ3) is 3.15. The molecule has 1 heterocycles. The lowest BCUT2D eigenvalue weighted by Crippen LogP contribution is -2.25. The van der Waals surface area contributed by atoms with Crippen molar-refractivity contribution in [3.8, 4) is 0 Å².